The molecule has 15 heavy (non-hydrogen) atoms. The highest BCUT2D eigenvalue weighted by molar-refractivity contribution is 9.10. The van der Waals surface area contributed by atoms with Crippen LogP contribution in [-0.4, -0.2) is 19.4 Å². The number of likely N-dealkylation sites (N-methyl/N-ethyl adjacent to an activating group) is 1. The molecular formula is C11H13BrFNO. The Labute approximate surface area is 97.0 Å². The first-order valence-corrected chi connectivity index (χ1v) is 5.41. The highest BCUT2D eigenvalue weighted by Crippen LogP contribution is 2.26. The standard InChI is InChI=1S/C11H13BrFNO/c1-6-8(10(15)5-14-3)4-9(13)7(2)11(6)12/h4,14H,5H2,1-3H3. The lowest BCUT2D eigenvalue weighted by molar-refractivity contribution is 0.0992. The van der Waals surface area contributed by atoms with Crippen molar-refractivity contribution in [3.05, 3.63) is 33.0 Å². The summed E-state index contributed by atoms with van der Waals surface area (Å²) < 4.78 is 14.1. The van der Waals surface area contributed by atoms with Crippen LogP contribution in [0.25, 0.3) is 0 Å². The van der Waals surface area contributed by atoms with Gasteiger partial charge >= 0.3 is 0 Å². The summed E-state index contributed by atoms with van der Waals surface area (Å²) in [6.45, 7) is 3.70. The Balaban J connectivity index is 3.26. The largest absolute Gasteiger partial charge is 0.313 e. The molecule has 0 aliphatic rings. The fourth-order valence-electron chi connectivity index (χ4n) is 1.39. The summed E-state index contributed by atoms with van der Waals surface area (Å²) in [6, 6.07) is 1.30. The van der Waals surface area contributed by atoms with Gasteiger partial charge in [-0.3, -0.25) is 4.79 Å². The molecule has 0 bridgehead atoms. The van der Waals surface area contributed by atoms with Crippen molar-refractivity contribution in [1.82, 2.24) is 5.32 Å². The SMILES string of the molecule is CNCC(=O)c1cc(F)c(C)c(Br)c1C. The molecule has 82 valence electrons. The zero-order chi connectivity index (χ0) is 11.6. The van der Waals surface area contributed by atoms with Crippen molar-refractivity contribution >= 4 is 21.7 Å². The Bertz CT molecular complexity index is 404. The normalized spacial score (nSPS) is 10.5. The van der Waals surface area contributed by atoms with Crippen LogP contribution < -0.4 is 5.32 Å². The van der Waals surface area contributed by atoms with Gasteiger partial charge in [-0.15, -0.1) is 0 Å². The molecule has 1 rings (SSSR count). The maximum atomic E-state index is 13.4. The number of ketones is 1. The van der Waals surface area contributed by atoms with E-state index in [9.17, 15) is 9.18 Å². The Morgan fingerprint density at radius 3 is 2.60 bits per heavy atom. The maximum absolute atomic E-state index is 13.4. The van der Waals surface area contributed by atoms with E-state index in [0.717, 1.165) is 5.56 Å². The van der Waals surface area contributed by atoms with E-state index in [-0.39, 0.29) is 18.1 Å². The van der Waals surface area contributed by atoms with Crippen molar-refractivity contribution in [2.24, 2.45) is 0 Å². The van der Waals surface area contributed by atoms with Gasteiger partial charge in [0, 0.05) is 10.0 Å². The van der Waals surface area contributed by atoms with Crippen LogP contribution in [0, 0.1) is 19.7 Å². The third-order valence-electron chi connectivity index (χ3n) is 2.33. The fourth-order valence-corrected chi connectivity index (χ4v) is 1.80. The van der Waals surface area contributed by atoms with Gasteiger partial charge in [-0.1, -0.05) is 15.9 Å². The van der Waals surface area contributed by atoms with Crippen molar-refractivity contribution < 1.29 is 9.18 Å². The van der Waals surface area contributed by atoms with E-state index in [1.807, 2.05) is 0 Å². The molecule has 0 atom stereocenters. The van der Waals surface area contributed by atoms with Gasteiger partial charge in [0.15, 0.2) is 5.78 Å². The molecule has 0 unspecified atom stereocenters. The van der Waals surface area contributed by atoms with Crippen LogP contribution in [-0.2, 0) is 0 Å². The molecule has 1 aromatic carbocycles. The number of benzene rings is 1. The van der Waals surface area contributed by atoms with Crippen molar-refractivity contribution in [3.63, 3.8) is 0 Å². The average Bonchev–Trinajstić information content (AvgIpc) is 2.20. The van der Waals surface area contributed by atoms with E-state index in [1.54, 1.807) is 20.9 Å². The van der Waals surface area contributed by atoms with Crippen LogP contribution >= 0.6 is 15.9 Å². The van der Waals surface area contributed by atoms with E-state index in [2.05, 4.69) is 21.2 Å². The van der Waals surface area contributed by atoms with Gasteiger partial charge < -0.3 is 5.32 Å². The third kappa shape index (κ3) is 2.44. The minimum atomic E-state index is -0.355. The van der Waals surface area contributed by atoms with Crippen LogP contribution in [0.5, 0.6) is 0 Å². The molecule has 0 aromatic heterocycles. The molecule has 0 radical (unpaired) electrons. The smallest absolute Gasteiger partial charge is 0.176 e. The molecule has 0 spiro atoms. The number of rotatable bonds is 3. The third-order valence-corrected chi connectivity index (χ3v) is 3.52. The minimum Gasteiger partial charge on any atom is -0.313 e. The Morgan fingerprint density at radius 2 is 2.07 bits per heavy atom. The van der Waals surface area contributed by atoms with Gasteiger partial charge in [-0.2, -0.15) is 0 Å². The Kier molecular flexibility index (Phi) is 3.99. The lowest BCUT2D eigenvalue weighted by atomic mass is 10.0. The summed E-state index contributed by atoms with van der Waals surface area (Å²) in [6.07, 6.45) is 0. The van der Waals surface area contributed by atoms with Crippen LogP contribution in [0.1, 0.15) is 21.5 Å². The number of carbonyl (C=O) groups is 1. The number of Topliss-reactive ketones (excluding diaryl/α,β-unsaturated/α-hetero) is 1. The van der Waals surface area contributed by atoms with Crippen molar-refractivity contribution in [2.75, 3.05) is 13.6 Å². The average molecular weight is 274 g/mol. The molecule has 0 fully saturated rings. The van der Waals surface area contributed by atoms with Gasteiger partial charge in [-0.05, 0) is 38.1 Å². The number of nitrogens with one attached hydrogen (secondary N) is 1. The van der Waals surface area contributed by atoms with Gasteiger partial charge in [0.2, 0.25) is 0 Å². The molecule has 0 aliphatic heterocycles. The molecule has 2 nitrogen and oxygen atoms in total. The first kappa shape index (κ1) is 12.3. The quantitative estimate of drug-likeness (QED) is 0.858. The van der Waals surface area contributed by atoms with Crippen molar-refractivity contribution in [3.8, 4) is 0 Å². The van der Waals surface area contributed by atoms with E-state index in [0.29, 0.717) is 15.6 Å². The molecular weight excluding hydrogens is 261 g/mol. The fraction of sp³-hybridized carbons (Fsp3) is 0.364. The van der Waals surface area contributed by atoms with Crippen molar-refractivity contribution in [2.45, 2.75) is 13.8 Å². The Hall–Kier alpha value is -0.740. The molecule has 1 aromatic rings. The monoisotopic (exact) mass is 273 g/mol. The summed E-state index contributed by atoms with van der Waals surface area (Å²) in [4.78, 5) is 11.6. The van der Waals surface area contributed by atoms with E-state index in [4.69, 9.17) is 0 Å². The second-order valence-corrected chi connectivity index (χ2v) is 4.22. The summed E-state index contributed by atoms with van der Waals surface area (Å²) in [7, 11) is 1.69. The predicted octanol–water partition coefficient (Wildman–Crippen LogP) is 2.61. The van der Waals surface area contributed by atoms with Gasteiger partial charge in [0.1, 0.15) is 5.82 Å². The number of hydrogen-bond donors (Lipinski definition) is 1. The second kappa shape index (κ2) is 4.86. The van der Waals surface area contributed by atoms with Crippen LogP contribution in [0.3, 0.4) is 0 Å². The molecule has 0 heterocycles. The highest BCUT2D eigenvalue weighted by atomic mass is 79.9. The maximum Gasteiger partial charge on any atom is 0.176 e. The van der Waals surface area contributed by atoms with Crippen LogP contribution in [0.2, 0.25) is 0 Å². The number of halogens is 2. The van der Waals surface area contributed by atoms with Crippen molar-refractivity contribution in [1.29, 1.82) is 0 Å². The molecule has 0 saturated carbocycles. The zero-order valence-corrected chi connectivity index (χ0v) is 10.5. The highest BCUT2D eigenvalue weighted by Gasteiger charge is 2.15. The lowest BCUT2D eigenvalue weighted by Gasteiger charge is -2.10. The minimum absolute atomic E-state index is 0.102. The van der Waals surface area contributed by atoms with Gasteiger partial charge in [-0.25, -0.2) is 4.39 Å². The first-order valence-electron chi connectivity index (χ1n) is 4.62. The summed E-state index contributed by atoms with van der Waals surface area (Å²) in [5, 5.41) is 2.76. The van der Waals surface area contributed by atoms with Gasteiger partial charge in [0.25, 0.3) is 0 Å². The molecule has 0 aliphatic carbocycles. The summed E-state index contributed by atoms with van der Waals surface area (Å²) >= 11 is 3.29. The number of hydrogen-bond acceptors (Lipinski definition) is 2. The molecule has 0 amide bonds. The van der Waals surface area contributed by atoms with E-state index < -0.39 is 0 Å². The second-order valence-electron chi connectivity index (χ2n) is 3.42. The Morgan fingerprint density at radius 1 is 1.47 bits per heavy atom. The van der Waals surface area contributed by atoms with Gasteiger partial charge in [0.05, 0.1) is 6.54 Å². The number of carbonyl (C=O) groups excluding carboxylic acids is 1. The molecule has 1 N–H and O–H groups in total. The van der Waals surface area contributed by atoms with Crippen LogP contribution in [0.4, 0.5) is 4.39 Å². The first-order chi connectivity index (χ1) is 6.99. The van der Waals surface area contributed by atoms with E-state index >= 15 is 0 Å². The summed E-state index contributed by atoms with van der Waals surface area (Å²) in [5.41, 5.74) is 1.75. The molecule has 0 saturated heterocycles. The predicted molar refractivity (Wildman–Crippen MR) is 61.8 cm³/mol. The van der Waals surface area contributed by atoms with Crippen LogP contribution in [0.15, 0.2) is 10.5 Å². The lowest BCUT2D eigenvalue weighted by Crippen LogP contribution is -2.19. The molecule has 4 heteroatoms. The zero-order valence-electron chi connectivity index (χ0n) is 8.95. The van der Waals surface area contributed by atoms with E-state index in [1.165, 1.54) is 6.07 Å². The summed E-state index contributed by atoms with van der Waals surface area (Å²) in [5.74, 6) is -0.457. The topological polar surface area (TPSA) is 29.1 Å².